The molecule has 0 unspecified atom stereocenters. The van der Waals surface area contributed by atoms with Gasteiger partial charge in [-0.15, -0.1) is 0 Å². The van der Waals surface area contributed by atoms with Gasteiger partial charge in [0.1, 0.15) is 0 Å². The average molecular weight is 442 g/mol. The molecule has 0 atom stereocenters. The summed E-state index contributed by atoms with van der Waals surface area (Å²) in [7, 11) is 0. The van der Waals surface area contributed by atoms with Gasteiger partial charge in [-0.1, -0.05) is 30.3 Å². The summed E-state index contributed by atoms with van der Waals surface area (Å²) in [6.07, 6.45) is 3.55. The summed E-state index contributed by atoms with van der Waals surface area (Å²) in [5.41, 5.74) is 3.44. The summed E-state index contributed by atoms with van der Waals surface area (Å²) in [6, 6.07) is 11.6. The fraction of sp³-hybridized carbons (Fsp3) is 0.417. The number of piperidine rings is 1. The lowest BCUT2D eigenvalue weighted by molar-refractivity contribution is 0.0950. The number of nitrogens with zero attached hydrogens (tertiary/aromatic N) is 2. The number of halogens is 1. The molecule has 158 valence electrons. The van der Waals surface area contributed by atoms with Crippen molar-refractivity contribution >= 4 is 40.7 Å². The Morgan fingerprint density at radius 2 is 1.97 bits per heavy atom. The molecule has 2 aliphatic heterocycles. The van der Waals surface area contributed by atoms with E-state index in [1.54, 1.807) is 11.8 Å². The Bertz CT molecular complexity index is 967. The molecule has 0 aromatic heterocycles. The van der Waals surface area contributed by atoms with E-state index in [1.165, 1.54) is 25.9 Å². The van der Waals surface area contributed by atoms with Crippen molar-refractivity contribution in [1.29, 1.82) is 0 Å². The molecule has 1 fully saturated rings. The lowest BCUT2D eigenvalue weighted by Gasteiger charge is -2.30. The Balaban J connectivity index is 1.37. The fourth-order valence-corrected chi connectivity index (χ4v) is 5.16. The van der Waals surface area contributed by atoms with Gasteiger partial charge in [0, 0.05) is 38.2 Å². The van der Waals surface area contributed by atoms with Crippen molar-refractivity contribution in [3.63, 3.8) is 0 Å². The molecule has 0 aliphatic carbocycles. The molecule has 2 aromatic rings. The maximum atomic E-state index is 12.7. The summed E-state index contributed by atoms with van der Waals surface area (Å²) in [6.45, 7) is 8.43. The van der Waals surface area contributed by atoms with Crippen LogP contribution in [0, 0.1) is 5.92 Å². The Morgan fingerprint density at radius 1 is 1.20 bits per heavy atom. The molecule has 0 saturated carbocycles. The van der Waals surface area contributed by atoms with Crippen LogP contribution in [0.4, 0.5) is 5.69 Å². The molecule has 4 rings (SSSR count). The van der Waals surface area contributed by atoms with Crippen LogP contribution in [0.3, 0.4) is 0 Å². The average Bonchev–Trinajstić information content (AvgIpc) is 2.87. The van der Waals surface area contributed by atoms with Gasteiger partial charge in [0.25, 0.3) is 5.91 Å². The highest BCUT2D eigenvalue weighted by Crippen LogP contribution is 2.41. The Kier molecular flexibility index (Phi) is 6.81. The van der Waals surface area contributed by atoms with Crippen molar-refractivity contribution in [1.82, 2.24) is 10.2 Å². The van der Waals surface area contributed by atoms with Crippen LogP contribution in [0.15, 0.2) is 51.2 Å². The molecule has 30 heavy (non-hydrogen) atoms. The van der Waals surface area contributed by atoms with E-state index in [1.807, 2.05) is 43.3 Å². The quantitative estimate of drug-likeness (QED) is 0.596. The molecular formula is C24H28ClN3OS. The van der Waals surface area contributed by atoms with Gasteiger partial charge in [0.2, 0.25) is 0 Å². The first-order valence-electron chi connectivity index (χ1n) is 10.7. The standard InChI is InChI=1S/C24H28ClN3OS/c1-16-8-12-28(13-9-16)11-3-10-26-24(29)18-4-6-23-21(14-18)27-17(2)20-15-19(25)5-7-22(20)30-23/h4-7,14-16H,3,8-13H2,1-2H3,(H,26,29). The number of nitrogens with one attached hydrogen (secondary N) is 1. The maximum Gasteiger partial charge on any atom is 0.251 e. The SMILES string of the molecule is CC1=Nc2cc(C(=O)NCCCN3CCC(C)CC3)ccc2Sc2ccc(Cl)cc21. The third-order valence-corrected chi connectivity index (χ3v) is 7.25. The summed E-state index contributed by atoms with van der Waals surface area (Å²) >= 11 is 7.83. The van der Waals surface area contributed by atoms with Crippen LogP contribution in [-0.4, -0.2) is 42.7 Å². The number of hydrogen-bond donors (Lipinski definition) is 1. The summed E-state index contributed by atoms with van der Waals surface area (Å²) in [5, 5.41) is 3.77. The molecule has 1 N–H and O–H groups in total. The van der Waals surface area contributed by atoms with Gasteiger partial charge < -0.3 is 10.2 Å². The van der Waals surface area contributed by atoms with E-state index in [4.69, 9.17) is 16.6 Å². The molecule has 6 heteroatoms. The van der Waals surface area contributed by atoms with E-state index < -0.39 is 0 Å². The minimum Gasteiger partial charge on any atom is -0.352 e. The molecular weight excluding hydrogens is 414 g/mol. The van der Waals surface area contributed by atoms with Crippen molar-refractivity contribution < 1.29 is 4.79 Å². The van der Waals surface area contributed by atoms with E-state index in [0.717, 1.165) is 45.6 Å². The van der Waals surface area contributed by atoms with Crippen LogP contribution in [0.1, 0.15) is 49.0 Å². The first-order valence-corrected chi connectivity index (χ1v) is 11.9. The number of hydrogen-bond acceptors (Lipinski definition) is 4. The van der Waals surface area contributed by atoms with Gasteiger partial charge in [-0.25, -0.2) is 0 Å². The number of benzene rings is 2. The molecule has 0 spiro atoms. The van der Waals surface area contributed by atoms with Gasteiger partial charge in [0.05, 0.1) is 5.69 Å². The molecule has 0 radical (unpaired) electrons. The Hall–Kier alpha value is -1.82. The maximum absolute atomic E-state index is 12.7. The van der Waals surface area contributed by atoms with E-state index in [9.17, 15) is 4.79 Å². The smallest absolute Gasteiger partial charge is 0.251 e. The number of likely N-dealkylation sites (tertiary alicyclic amines) is 1. The number of fused-ring (bicyclic) bond motifs is 2. The molecule has 1 saturated heterocycles. The van der Waals surface area contributed by atoms with Crippen LogP contribution in [0.25, 0.3) is 0 Å². The normalized spacial score (nSPS) is 17.0. The fourth-order valence-electron chi connectivity index (χ4n) is 3.96. The summed E-state index contributed by atoms with van der Waals surface area (Å²) in [5.74, 6) is 0.816. The molecule has 2 aliphatic rings. The third kappa shape index (κ3) is 5.08. The predicted octanol–water partition coefficient (Wildman–Crippen LogP) is 5.80. The van der Waals surface area contributed by atoms with Crippen LogP contribution in [-0.2, 0) is 0 Å². The Labute approximate surface area is 188 Å². The molecule has 1 amide bonds. The van der Waals surface area contributed by atoms with Crippen LogP contribution >= 0.6 is 23.4 Å². The van der Waals surface area contributed by atoms with E-state index in [0.29, 0.717) is 17.1 Å². The lowest BCUT2D eigenvalue weighted by Crippen LogP contribution is -2.35. The number of carbonyl (C=O) groups excluding carboxylic acids is 1. The minimum atomic E-state index is -0.0345. The van der Waals surface area contributed by atoms with Crippen molar-refractivity contribution in [3.8, 4) is 0 Å². The largest absolute Gasteiger partial charge is 0.352 e. The first-order chi connectivity index (χ1) is 14.5. The highest BCUT2D eigenvalue weighted by Gasteiger charge is 2.18. The van der Waals surface area contributed by atoms with Crippen LogP contribution in [0.2, 0.25) is 5.02 Å². The van der Waals surface area contributed by atoms with Crippen LogP contribution < -0.4 is 5.32 Å². The number of aliphatic imine (C=N–C) groups is 1. The zero-order valence-corrected chi connectivity index (χ0v) is 19.2. The lowest BCUT2D eigenvalue weighted by atomic mass is 9.99. The zero-order chi connectivity index (χ0) is 21.1. The number of rotatable bonds is 5. The van der Waals surface area contributed by atoms with Gasteiger partial charge in [0.15, 0.2) is 0 Å². The molecule has 2 aromatic carbocycles. The highest BCUT2D eigenvalue weighted by molar-refractivity contribution is 7.99. The highest BCUT2D eigenvalue weighted by atomic mass is 35.5. The van der Waals surface area contributed by atoms with Gasteiger partial charge >= 0.3 is 0 Å². The van der Waals surface area contributed by atoms with Gasteiger partial charge in [-0.2, -0.15) is 0 Å². The minimum absolute atomic E-state index is 0.0345. The number of carbonyl (C=O) groups is 1. The molecule has 0 bridgehead atoms. The second-order valence-corrected chi connectivity index (χ2v) is 9.78. The van der Waals surface area contributed by atoms with E-state index in [-0.39, 0.29) is 5.91 Å². The second-order valence-electron chi connectivity index (χ2n) is 8.26. The predicted molar refractivity (Wildman–Crippen MR) is 126 cm³/mol. The van der Waals surface area contributed by atoms with Crippen molar-refractivity contribution in [2.45, 2.75) is 42.9 Å². The van der Waals surface area contributed by atoms with E-state index >= 15 is 0 Å². The third-order valence-electron chi connectivity index (χ3n) is 5.87. The molecule has 2 heterocycles. The van der Waals surface area contributed by atoms with Gasteiger partial charge in [-0.3, -0.25) is 9.79 Å². The monoisotopic (exact) mass is 441 g/mol. The zero-order valence-electron chi connectivity index (χ0n) is 17.6. The van der Waals surface area contributed by atoms with Crippen molar-refractivity contribution in [3.05, 3.63) is 52.5 Å². The summed E-state index contributed by atoms with van der Waals surface area (Å²) in [4.78, 5) is 22.1. The van der Waals surface area contributed by atoms with Crippen LogP contribution in [0.5, 0.6) is 0 Å². The first kappa shape index (κ1) is 21.4. The van der Waals surface area contributed by atoms with E-state index in [2.05, 4.69) is 17.1 Å². The summed E-state index contributed by atoms with van der Waals surface area (Å²) < 4.78 is 0. The van der Waals surface area contributed by atoms with Gasteiger partial charge in [-0.05, 0) is 88.1 Å². The van der Waals surface area contributed by atoms with Crippen molar-refractivity contribution in [2.24, 2.45) is 10.9 Å². The van der Waals surface area contributed by atoms with Crippen molar-refractivity contribution in [2.75, 3.05) is 26.2 Å². The Morgan fingerprint density at radius 3 is 2.77 bits per heavy atom. The number of amides is 1. The molecule has 4 nitrogen and oxygen atoms in total. The second kappa shape index (κ2) is 9.54. The topological polar surface area (TPSA) is 44.7 Å².